The third-order valence-corrected chi connectivity index (χ3v) is 4.26. The van der Waals surface area contributed by atoms with Crippen LogP contribution in [-0.2, 0) is 4.79 Å². The lowest BCUT2D eigenvalue weighted by Crippen LogP contribution is -2.53. The van der Waals surface area contributed by atoms with Crippen molar-refractivity contribution < 1.29 is 13.6 Å². The number of carbonyl (C=O) groups is 1. The summed E-state index contributed by atoms with van der Waals surface area (Å²) in [6.45, 7) is 1.85. The Morgan fingerprint density at radius 3 is 2.59 bits per heavy atom. The van der Waals surface area contributed by atoms with Gasteiger partial charge in [-0.2, -0.15) is 0 Å². The van der Waals surface area contributed by atoms with Crippen molar-refractivity contribution >= 4 is 23.3 Å². The molecule has 3 heterocycles. The van der Waals surface area contributed by atoms with Crippen molar-refractivity contribution in [2.75, 3.05) is 37.6 Å². The van der Waals surface area contributed by atoms with Gasteiger partial charge in [0.15, 0.2) is 0 Å². The number of hydrogen-bond acceptors (Lipinski definition) is 4. The van der Waals surface area contributed by atoms with Crippen LogP contribution in [0.3, 0.4) is 0 Å². The highest BCUT2D eigenvalue weighted by Gasteiger charge is 2.43. The van der Waals surface area contributed by atoms with Crippen LogP contribution in [0.1, 0.15) is 6.42 Å². The molecule has 0 aliphatic carbocycles. The number of nitrogens with one attached hydrogen (secondary N) is 1. The minimum Gasteiger partial charge on any atom is -0.353 e. The van der Waals surface area contributed by atoms with Gasteiger partial charge in [0.05, 0.1) is 17.6 Å². The highest BCUT2D eigenvalue weighted by atomic mass is 35.5. The molecule has 1 atom stereocenters. The Kier molecular flexibility index (Phi) is 4.18. The van der Waals surface area contributed by atoms with E-state index in [2.05, 4.69) is 15.2 Å². The molecule has 1 amide bonds. The molecule has 0 spiro atoms. The third-order valence-electron chi connectivity index (χ3n) is 4.04. The minimum atomic E-state index is -2.78. The van der Waals surface area contributed by atoms with Crippen LogP contribution in [0, 0.1) is 0 Å². The van der Waals surface area contributed by atoms with Gasteiger partial charge in [-0.25, -0.2) is 13.8 Å². The molecule has 2 aliphatic rings. The summed E-state index contributed by atoms with van der Waals surface area (Å²) in [5.74, 6) is -2.21. The number of amides is 1. The zero-order valence-electron chi connectivity index (χ0n) is 11.9. The van der Waals surface area contributed by atoms with Gasteiger partial charge in [0, 0.05) is 38.8 Å². The lowest BCUT2D eigenvalue weighted by atomic mass is 10.1. The van der Waals surface area contributed by atoms with Gasteiger partial charge in [0.25, 0.3) is 5.92 Å². The van der Waals surface area contributed by atoms with E-state index in [-0.39, 0.29) is 5.91 Å². The number of alkyl halides is 2. The van der Waals surface area contributed by atoms with E-state index in [1.54, 1.807) is 17.2 Å². The number of carbonyl (C=O) groups excluding carboxylic acids is 1. The zero-order chi connectivity index (χ0) is 15.7. The maximum absolute atomic E-state index is 13.2. The molecule has 1 aromatic rings. The first-order chi connectivity index (χ1) is 10.4. The Bertz CT molecular complexity index is 546. The van der Waals surface area contributed by atoms with E-state index in [4.69, 9.17) is 11.6 Å². The molecule has 1 unspecified atom stereocenters. The average Bonchev–Trinajstić information content (AvgIpc) is 2.88. The number of aromatic nitrogens is 1. The van der Waals surface area contributed by atoms with Crippen molar-refractivity contribution in [2.24, 2.45) is 0 Å². The molecular weight excluding hydrogens is 314 g/mol. The number of hydrogen-bond donors (Lipinski definition) is 1. The summed E-state index contributed by atoms with van der Waals surface area (Å²) < 4.78 is 26.4. The number of pyridine rings is 1. The Hall–Kier alpha value is -1.47. The normalized spacial score (nSPS) is 24.6. The molecule has 0 radical (unpaired) electrons. The second-order valence-electron chi connectivity index (χ2n) is 5.64. The standard InChI is InChI=1S/C14H17ClF2N4O/c15-10-1-2-12(18-8-10)20-3-5-21(6-4-20)13(22)11-7-14(16,17)9-19-11/h1-2,8,11,19H,3-7,9H2. The van der Waals surface area contributed by atoms with Crippen LogP contribution in [0.5, 0.6) is 0 Å². The fourth-order valence-corrected chi connectivity index (χ4v) is 2.93. The van der Waals surface area contributed by atoms with E-state index < -0.39 is 24.9 Å². The third kappa shape index (κ3) is 3.30. The predicted molar refractivity (Wildman–Crippen MR) is 79.4 cm³/mol. The predicted octanol–water partition coefficient (Wildman–Crippen LogP) is 1.38. The van der Waals surface area contributed by atoms with Crippen molar-refractivity contribution in [1.29, 1.82) is 0 Å². The van der Waals surface area contributed by atoms with Gasteiger partial charge in [0.2, 0.25) is 5.91 Å². The number of rotatable bonds is 2. The Morgan fingerprint density at radius 2 is 2.05 bits per heavy atom. The van der Waals surface area contributed by atoms with Crippen LogP contribution in [0.15, 0.2) is 18.3 Å². The molecule has 0 saturated carbocycles. The van der Waals surface area contributed by atoms with E-state index in [1.165, 1.54) is 0 Å². The molecule has 3 rings (SSSR count). The summed E-state index contributed by atoms with van der Waals surface area (Å²) in [7, 11) is 0. The van der Waals surface area contributed by atoms with E-state index in [0.717, 1.165) is 5.82 Å². The van der Waals surface area contributed by atoms with E-state index in [9.17, 15) is 13.6 Å². The highest BCUT2D eigenvalue weighted by Crippen LogP contribution is 2.26. The average molecular weight is 331 g/mol. The topological polar surface area (TPSA) is 48.5 Å². The molecule has 0 aromatic carbocycles. The Labute approximate surface area is 132 Å². The van der Waals surface area contributed by atoms with Crippen molar-refractivity contribution in [3.63, 3.8) is 0 Å². The second kappa shape index (κ2) is 5.96. The molecule has 22 heavy (non-hydrogen) atoms. The minimum absolute atomic E-state index is 0.235. The second-order valence-corrected chi connectivity index (χ2v) is 6.08. The van der Waals surface area contributed by atoms with Gasteiger partial charge in [0.1, 0.15) is 5.82 Å². The van der Waals surface area contributed by atoms with Gasteiger partial charge < -0.3 is 9.80 Å². The fourth-order valence-electron chi connectivity index (χ4n) is 2.82. The van der Waals surface area contributed by atoms with E-state index in [0.29, 0.717) is 31.2 Å². The Balaban J connectivity index is 1.55. The molecule has 2 fully saturated rings. The maximum Gasteiger partial charge on any atom is 0.262 e. The molecule has 1 N–H and O–H groups in total. The Morgan fingerprint density at radius 1 is 1.32 bits per heavy atom. The summed E-state index contributed by atoms with van der Waals surface area (Å²) in [6, 6.07) is 2.83. The molecule has 2 saturated heterocycles. The molecule has 2 aliphatic heterocycles. The summed E-state index contributed by atoms with van der Waals surface area (Å²) >= 11 is 5.81. The quantitative estimate of drug-likeness (QED) is 0.890. The van der Waals surface area contributed by atoms with Gasteiger partial charge >= 0.3 is 0 Å². The van der Waals surface area contributed by atoms with Crippen molar-refractivity contribution in [1.82, 2.24) is 15.2 Å². The summed E-state index contributed by atoms with van der Waals surface area (Å²) in [4.78, 5) is 20.2. The van der Waals surface area contributed by atoms with Crippen LogP contribution in [0.2, 0.25) is 5.02 Å². The van der Waals surface area contributed by atoms with Crippen molar-refractivity contribution in [2.45, 2.75) is 18.4 Å². The zero-order valence-corrected chi connectivity index (χ0v) is 12.7. The summed E-state index contributed by atoms with van der Waals surface area (Å²) in [5.41, 5.74) is 0. The van der Waals surface area contributed by atoms with Gasteiger partial charge in [-0.05, 0) is 12.1 Å². The van der Waals surface area contributed by atoms with Gasteiger partial charge in [-0.1, -0.05) is 11.6 Å². The van der Waals surface area contributed by atoms with E-state index in [1.807, 2.05) is 6.07 Å². The van der Waals surface area contributed by atoms with Crippen LogP contribution < -0.4 is 10.2 Å². The van der Waals surface area contributed by atoms with E-state index >= 15 is 0 Å². The first kappa shape index (κ1) is 15.4. The molecule has 1 aromatic heterocycles. The number of anilines is 1. The smallest absolute Gasteiger partial charge is 0.262 e. The molecule has 5 nitrogen and oxygen atoms in total. The van der Waals surface area contributed by atoms with Crippen LogP contribution in [0.4, 0.5) is 14.6 Å². The van der Waals surface area contributed by atoms with Crippen LogP contribution in [-0.4, -0.2) is 60.5 Å². The van der Waals surface area contributed by atoms with Crippen LogP contribution >= 0.6 is 11.6 Å². The molecule has 120 valence electrons. The number of piperazine rings is 1. The van der Waals surface area contributed by atoms with Gasteiger partial charge in [-0.3, -0.25) is 10.1 Å². The molecule has 0 bridgehead atoms. The maximum atomic E-state index is 13.2. The summed E-state index contributed by atoms with van der Waals surface area (Å²) in [6.07, 6.45) is 1.17. The van der Waals surface area contributed by atoms with Gasteiger partial charge in [-0.15, -0.1) is 0 Å². The lowest BCUT2D eigenvalue weighted by molar-refractivity contribution is -0.134. The first-order valence-electron chi connectivity index (χ1n) is 7.21. The number of nitrogens with zero attached hydrogens (tertiary/aromatic N) is 3. The molecular formula is C14H17ClF2N4O. The monoisotopic (exact) mass is 330 g/mol. The number of halogens is 3. The van der Waals surface area contributed by atoms with Crippen molar-refractivity contribution in [3.05, 3.63) is 23.4 Å². The fraction of sp³-hybridized carbons (Fsp3) is 0.571. The SMILES string of the molecule is O=C(C1CC(F)(F)CN1)N1CCN(c2ccc(Cl)cn2)CC1. The largest absolute Gasteiger partial charge is 0.353 e. The van der Waals surface area contributed by atoms with Crippen LogP contribution in [0.25, 0.3) is 0 Å². The van der Waals surface area contributed by atoms with Crippen molar-refractivity contribution in [3.8, 4) is 0 Å². The highest BCUT2D eigenvalue weighted by molar-refractivity contribution is 6.30. The lowest BCUT2D eigenvalue weighted by Gasteiger charge is -2.36. The molecule has 8 heteroatoms. The first-order valence-corrected chi connectivity index (χ1v) is 7.59. The summed E-state index contributed by atoms with van der Waals surface area (Å²) in [5, 5.41) is 3.19.